The molecule has 3 rings (SSSR count). The third-order valence-corrected chi connectivity index (χ3v) is 5.10. The predicted octanol–water partition coefficient (Wildman–Crippen LogP) is 2.00. The zero-order valence-electron chi connectivity index (χ0n) is 17.2. The van der Waals surface area contributed by atoms with E-state index in [9.17, 15) is 26.8 Å². The number of hydrogen-bond acceptors (Lipinski definition) is 6. The number of fused-ring (bicyclic) bond motifs is 1. The zero-order chi connectivity index (χ0) is 23.8. The molecular formula is C20H20F2N3NaO6S. The average Bonchev–Trinajstić information content (AvgIpc) is 2.68. The van der Waals surface area contributed by atoms with Gasteiger partial charge in [-0.3, -0.25) is 4.72 Å². The molecular weight excluding hydrogens is 471 g/mol. The summed E-state index contributed by atoms with van der Waals surface area (Å²) in [5.41, 5.74) is -0.858. The van der Waals surface area contributed by atoms with E-state index >= 15 is 0 Å². The number of nitrogens with one attached hydrogen (secondary N) is 1. The van der Waals surface area contributed by atoms with Crippen molar-refractivity contribution in [2.75, 3.05) is 18.8 Å². The normalized spacial score (nSPS) is 11.1. The van der Waals surface area contributed by atoms with E-state index in [0.29, 0.717) is 5.56 Å². The second-order valence-electron chi connectivity index (χ2n) is 7.14. The van der Waals surface area contributed by atoms with Crippen LogP contribution in [0.3, 0.4) is 0 Å². The molecule has 0 aliphatic rings. The topological polar surface area (TPSA) is 132 Å². The van der Waals surface area contributed by atoms with Crippen LogP contribution in [0.5, 0.6) is 5.75 Å². The quantitative estimate of drug-likeness (QED) is 0.415. The number of halogens is 2. The second kappa shape index (κ2) is 10.2. The van der Waals surface area contributed by atoms with Crippen LogP contribution < -0.4 is 20.2 Å². The molecule has 9 nitrogen and oxygen atoms in total. The molecule has 0 spiro atoms. The van der Waals surface area contributed by atoms with Gasteiger partial charge in [0.15, 0.2) is 17.4 Å². The number of anilines is 1. The number of aryl methyl sites for hydroxylation is 1. The Morgan fingerprint density at radius 2 is 1.91 bits per heavy atom. The number of rotatable bonds is 5. The Kier molecular flexibility index (Phi) is 8.25. The summed E-state index contributed by atoms with van der Waals surface area (Å²) in [5.74, 6) is -2.20. The van der Waals surface area contributed by atoms with Gasteiger partial charge in [0.05, 0.1) is 5.69 Å². The summed E-state index contributed by atoms with van der Waals surface area (Å²) in [6.45, 7) is 1.53. The Morgan fingerprint density at radius 1 is 1.24 bits per heavy atom. The first-order valence-corrected chi connectivity index (χ1v) is 10.6. The summed E-state index contributed by atoms with van der Waals surface area (Å²) in [7, 11) is -1.37. The van der Waals surface area contributed by atoms with Crippen molar-refractivity contribution < 1.29 is 31.1 Å². The molecule has 0 radical (unpaired) electrons. The third-order valence-electron chi connectivity index (χ3n) is 4.60. The molecule has 3 N–H and O–H groups in total. The fourth-order valence-corrected chi connectivity index (χ4v) is 3.46. The van der Waals surface area contributed by atoms with Crippen LogP contribution >= 0.6 is 0 Å². The number of hydrogen-bond donors (Lipinski definition) is 2. The Bertz CT molecular complexity index is 1390. The van der Waals surface area contributed by atoms with Crippen molar-refractivity contribution in [2.45, 2.75) is 13.3 Å². The molecule has 0 fully saturated rings. The van der Waals surface area contributed by atoms with Gasteiger partial charge in [-0.1, -0.05) is 12.1 Å². The van der Waals surface area contributed by atoms with Crippen LogP contribution in [0.15, 0.2) is 39.5 Å². The molecule has 1 amide bonds. The molecule has 0 aliphatic carbocycles. The fraction of sp³-hybridized carbons (Fsp3) is 0.200. The minimum atomic E-state index is -4.21. The molecule has 0 saturated heterocycles. The molecule has 13 heteroatoms. The summed E-state index contributed by atoms with van der Waals surface area (Å²) in [5, 5.41) is 5.11. The van der Waals surface area contributed by atoms with Crippen LogP contribution in [0.4, 0.5) is 19.3 Å². The third kappa shape index (κ3) is 6.09. The summed E-state index contributed by atoms with van der Waals surface area (Å²) in [4.78, 5) is 25.4. The van der Waals surface area contributed by atoms with Crippen LogP contribution in [0.2, 0.25) is 0 Å². The van der Waals surface area contributed by atoms with E-state index in [-0.39, 0.29) is 63.8 Å². The van der Waals surface area contributed by atoms with Gasteiger partial charge in [0, 0.05) is 37.5 Å². The van der Waals surface area contributed by atoms with Crippen molar-refractivity contribution in [2.24, 2.45) is 5.14 Å². The first-order chi connectivity index (χ1) is 14.9. The van der Waals surface area contributed by atoms with Crippen LogP contribution in [-0.4, -0.2) is 63.1 Å². The number of benzene rings is 2. The Morgan fingerprint density at radius 3 is 2.52 bits per heavy atom. The average molecular weight is 491 g/mol. The van der Waals surface area contributed by atoms with Gasteiger partial charge < -0.3 is 14.1 Å². The van der Waals surface area contributed by atoms with E-state index in [1.165, 1.54) is 39.2 Å². The monoisotopic (exact) mass is 491 g/mol. The molecule has 0 aliphatic heterocycles. The molecule has 0 saturated carbocycles. The Balaban J connectivity index is 0.00000385. The van der Waals surface area contributed by atoms with E-state index in [1.807, 2.05) is 4.72 Å². The number of nitrogens with two attached hydrogens (primary N) is 1. The molecule has 1 heterocycles. The zero-order valence-corrected chi connectivity index (χ0v) is 18.0. The molecule has 0 bridgehead atoms. The minimum absolute atomic E-state index is 0. The summed E-state index contributed by atoms with van der Waals surface area (Å²) < 4.78 is 63.7. The molecule has 3 aromatic rings. The van der Waals surface area contributed by atoms with Crippen LogP contribution in [0.1, 0.15) is 16.7 Å². The summed E-state index contributed by atoms with van der Waals surface area (Å²) in [6, 6.07) is 6.04. The van der Waals surface area contributed by atoms with E-state index in [0.717, 1.165) is 17.0 Å². The fourth-order valence-electron chi connectivity index (χ4n) is 3.00. The van der Waals surface area contributed by atoms with Gasteiger partial charge in [-0.05, 0) is 30.2 Å². The van der Waals surface area contributed by atoms with Crippen molar-refractivity contribution in [1.82, 2.24) is 4.90 Å². The van der Waals surface area contributed by atoms with Gasteiger partial charge >= 0.3 is 41.3 Å². The van der Waals surface area contributed by atoms with Crippen molar-refractivity contribution in [1.29, 1.82) is 0 Å². The molecule has 0 atom stereocenters. The van der Waals surface area contributed by atoms with Gasteiger partial charge in [-0.25, -0.2) is 23.5 Å². The van der Waals surface area contributed by atoms with Crippen molar-refractivity contribution in [3.8, 4) is 5.75 Å². The molecule has 33 heavy (non-hydrogen) atoms. The predicted molar refractivity (Wildman–Crippen MR) is 120 cm³/mol. The Hall–Kier alpha value is -2.51. The summed E-state index contributed by atoms with van der Waals surface area (Å²) >= 11 is 0. The van der Waals surface area contributed by atoms with Crippen molar-refractivity contribution in [3.05, 3.63) is 69.1 Å². The molecule has 0 unspecified atom stereocenters. The SMILES string of the molecule is Cc1c(Cc2cccc(NS(N)(=O)=O)c2F)c(=O)oc2cc(OC(=O)N(C)C)c(F)cc12.[NaH]. The van der Waals surface area contributed by atoms with Gasteiger partial charge in [0.2, 0.25) is 0 Å². The molecule has 1 aromatic heterocycles. The van der Waals surface area contributed by atoms with E-state index in [1.54, 1.807) is 0 Å². The van der Waals surface area contributed by atoms with E-state index < -0.39 is 39.3 Å². The first-order valence-electron chi connectivity index (χ1n) is 9.10. The summed E-state index contributed by atoms with van der Waals surface area (Å²) in [6.07, 6.45) is -1.07. The number of ether oxygens (including phenoxy) is 1. The van der Waals surface area contributed by atoms with Gasteiger partial charge in [0.1, 0.15) is 5.58 Å². The second-order valence-corrected chi connectivity index (χ2v) is 8.43. The number of amides is 1. The van der Waals surface area contributed by atoms with Gasteiger partial charge in [-0.2, -0.15) is 8.42 Å². The Labute approximate surface area is 210 Å². The first kappa shape index (κ1) is 26.7. The number of carbonyl (C=O) groups is 1. The van der Waals surface area contributed by atoms with E-state index in [4.69, 9.17) is 14.3 Å². The van der Waals surface area contributed by atoms with Gasteiger partial charge in [0.25, 0.3) is 10.2 Å². The van der Waals surface area contributed by atoms with Crippen molar-refractivity contribution in [3.63, 3.8) is 0 Å². The number of nitrogens with zero attached hydrogens (tertiary/aromatic N) is 1. The molecule has 172 valence electrons. The van der Waals surface area contributed by atoms with Crippen molar-refractivity contribution >= 4 is 62.5 Å². The van der Waals surface area contributed by atoms with Gasteiger partial charge in [-0.15, -0.1) is 0 Å². The number of carbonyl (C=O) groups excluding carboxylic acids is 1. The maximum atomic E-state index is 14.7. The van der Waals surface area contributed by atoms with Crippen LogP contribution in [0, 0.1) is 18.6 Å². The van der Waals surface area contributed by atoms with Crippen LogP contribution in [0.25, 0.3) is 11.0 Å². The molecule has 2 aromatic carbocycles. The standard InChI is InChI=1S/C20H19F2N3O6S.Na.H/c1-10-12-8-14(21)17(31-20(27)25(2)3)9-16(12)30-19(26)13(10)7-11-5-4-6-15(18(11)22)24-32(23,28)29;;/h4-6,8-9,24H,7H2,1-3H3,(H2,23,28,29);;. The van der Waals surface area contributed by atoms with Crippen LogP contribution in [-0.2, 0) is 16.6 Å². The maximum absolute atomic E-state index is 14.7. The van der Waals surface area contributed by atoms with E-state index in [2.05, 4.69) is 0 Å².